The maximum absolute atomic E-state index is 13.0. The van der Waals surface area contributed by atoms with Gasteiger partial charge in [-0.2, -0.15) is 21.6 Å². The molecule has 2 bridgehead atoms. The molecule has 0 amide bonds. The molecule has 184 valence electrons. The molecule has 2 aliphatic heterocycles. The number of carbonyl (C=O) groups excluding carboxylic acids is 2. The summed E-state index contributed by atoms with van der Waals surface area (Å²) >= 11 is 0. The SMILES string of the molecule is COc1ccc2c3c1C(=O)CC[C@]31Oc3ccc(OS(=O)(=O)C(F)(F)F)c4c3[C@](CCC4=O)(O2)O1. The van der Waals surface area contributed by atoms with Crippen LogP contribution in [0.5, 0.6) is 23.0 Å². The van der Waals surface area contributed by atoms with Crippen molar-refractivity contribution in [3.8, 4) is 23.0 Å². The molecule has 2 aromatic carbocycles. The molecule has 9 nitrogen and oxygen atoms in total. The first-order valence-electron chi connectivity index (χ1n) is 10.5. The number of benzene rings is 2. The first-order valence-corrected chi connectivity index (χ1v) is 11.9. The standard InChI is InChI=1S/C22H15F3O9S/c1-30-12-2-4-14-18-16(12)10(26)6-8-20(18)32-15-5-3-13(33-35(28,29)22(23,24)25)17-11(27)7-9-21(31-14,34-20)19(15)17/h2-5H,6-9H2,1H3/t20-,21-/m1/s1. The lowest BCUT2D eigenvalue weighted by Gasteiger charge is -2.55. The van der Waals surface area contributed by atoms with Crippen molar-refractivity contribution in [3.05, 3.63) is 46.5 Å². The van der Waals surface area contributed by atoms with Crippen LogP contribution in [0.2, 0.25) is 0 Å². The van der Waals surface area contributed by atoms with Crippen LogP contribution in [-0.4, -0.2) is 32.6 Å². The van der Waals surface area contributed by atoms with Crippen molar-refractivity contribution in [2.45, 2.75) is 42.8 Å². The molecule has 2 spiro atoms. The molecule has 0 saturated heterocycles. The van der Waals surface area contributed by atoms with Crippen molar-refractivity contribution in [1.29, 1.82) is 0 Å². The molecule has 2 heterocycles. The molecule has 0 unspecified atom stereocenters. The lowest BCUT2D eigenvalue weighted by molar-refractivity contribution is -0.363. The summed E-state index contributed by atoms with van der Waals surface area (Å²) < 4.78 is 90.7. The number of hydrogen-bond acceptors (Lipinski definition) is 9. The third-order valence-electron chi connectivity index (χ3n) is 6.52. The van der Waals surface area contributed by atoms with Crippen LogP contribution in [0.1, 0.15) is 57.5 Å². The molecule has 0 fully saturated rings. The van der Waals surface area contributed by atoms with Gasteiger partial charge < -0.3 is 18.4 Å². The van der Waals surface area contributed by atoms with E-state index in [-0.39, 0.29) is 54.1 Å². The first kappa shape index (κ1) is 22.2. The van der Waals surface area contributed by atoms with Gasteiger partial charge in [-0.05, 0) is 24.3 Å². The third-order valence-corrected chi connectivity index (χ3v) is 7.49. The Bertz CT molecular complexity index is 1450. The second kappa shape index (κ2) is 6.66. The Labute approximate surface area is 195 Å². The smallest absolute Gasteiger partial charge is 0.496 e. The summed E-state index contributed by atoms with van der Waals surface area (Å²) in [7, 11) is -4.64. The minimum Gasteiger partial charge on any atom is -0.496 e. The monoisotopic (exact) mass is 512 g/mol. The molecule has 13 heteroatoms. The second-order valence-electron chi connectivity index (χ2n) is 8.47. The van der Waals surface area contributed by atoms with E-state index in [1.54, 1.807) is 6.07 Å². The number of ether oxygens (including phenoxy) is 4. The van der Waals surface area contributed by atoms with E-state index in [2.05, 4.69) is 4.18 Å². The van der Waals surface area contributed by atoms with Crippen LogP contribution in [0.25, 0.3) is 0 Å². The molecule has 2 atom stereocenters. The lowest BCUT2D eigenvalue weighted by atomic mass is 9.78. The van der Waals surface area contributed by atoms with E-state index in [4.69, 9.17) is 18.9 Å². The van der Waals surface area contributed by atoms with Gasteiger partial charge in [0.15, 0.2) is 17.3 Å². The number of hydrogen-bond donors (Lipinski definition) is 0. The first-order chi connectivity index (χ1) is 16.4. The maximum Gasteiger partial charge on any atom is 0.534 e. The van der Waals surface area contributed by atoms with Gasteiger partial charge in [0.25, 0.3) is 0 Å². The van der Waals surface area contributed by atoms with Gasteiger partial charge in [0.2, 0.25) is 11.6 Å². The van der Waals surface area contributed by atoms with Gasteiger partial charge in [0, 0.05) is 25.7 Å². The van der Waals surface area contributed by atoms with Crippen LogP contribution < -0.4 is 18.4 Å². The minimum atomic E-state index is -6.05. The Morgan fingerprint density at radius 1 is 0.857 bits per heavy atom. The van der Waals surface area contributed by atoms with E-state index in [9.17, 15) is 31.2 Å². The van der Waals surface area contributed by atoms with Crippen LogP contribution in [-0.2, 0) is 26.4 Å². The summed E-state index contributed by atoms with van der Waals surface area (Å²) in [6.45, 7) is 0. The zero-order valence-electron chi connectivity index (χ0n) is 17.9. The highest BCUT2D eigenvalue weighted by Gasteiger charge is 2.63. The quantitative estimate of drug-likeness (QED) is 0.449. The van der Waals surface area contributed by atoms with E-state index >= 15 is 0 Å². The molecule has 2 aromatic rings. The van der Waals surface area contributed by atoms with Gasteiger partial charge >= 0.3 is 15.6 Å². The van der Waals surface area contributed by atoms with Gasteiger partial charge in [0.1, 0.15) is 17.2 Å². The van der Waals surface area contributed by atoms with Crippen molar-refractivity contribution >= 4 is 21.7 Å². The fourth-order valence-corrected chi connectivity index (χ4v) is 5.61. The fourth-order valence-electron chi connectivity index (χ4n) is 5.14. The number of Topliss-reactive ketones (excluding diaryl/α,β-unsaturated/α-hetero) is 2. The molecule has 35 heavy (non-hydrogen) atoms. The van der Waals surface area contributed by atoms with Crippen molar-refractivity contribution in [3.63, 3.8) is 0 Å². The van der Waals surface area contributed by atoms with E-state index in [1.165, 1.54) is 19.2 Å². The third kappa shape index (κ3) is 2.82. The highest BCUT2D eigenvalue weighted by molar-refractivity contribution is 7.88. The largest absolute Gasteiger partial charge is 0.534 e. The predicted octanol–water partition coefficient (Wildman–Crippen LogP) is 3.68. The number of alkyl halides is 3. The van der Waals surface area contributed by atoms with Crippen LogP contribution >= 0.6 is 0 Å². The van der Waals surface area contributed by atoms with Crippen molar-refractivity contribution in [2.24, 2.45) is 0 Å². The minimum absolute atomic E-state index is 0.0266. The average Bonchev–Trinajstić information content (AvgIpc) is 2.79. The van der Waals surface area contributed by atoms with Crippen LogP contribution in [0.4, 0.5) is 13.2 Å². The summed E-state index contributed by atoms with van der Waals surface area (Å²) in [4.78, 5) is 25.6. The summed E-state index contributed by atoms with van der Waals surface area (Å²) in [5.74, 6) is -4.28. The van der Waals surface area contributed by atoms with Gasteiger partial charge in [-0.15, -0.1) is 0 Å². The summed E-state index contributed by atoms with van der Waals surface area (Å²) in [5.41, 5.74) is -5.64. The molecular formula is C22H15F3O9S. The number of ketones is 2. The molecular weight excluding hydrogens is 497 g/mol. The fraction of sp³-hybridized carbons (Fsp3) is 0.364. The normalized spacial score (nSPS) is 26.2. The predicted molar refractivity (Wildman–Crippen MR) is 108 cm³/mol. The molecule has 0 saturated carbocycles. The molecule has 0 N–H and O–H groups in total. The molecule has 6 rings (SSSR count). The van der Waals surface area contributed by atoms with Gasteiger partial charge in [0.05, 0.1) is 29.4 Å². The molecule has 2 aliphatic carbocycles. The Morgan fingerprint density at radius 2 is 1.34 bits per heavy atom. The Balaban J connectivity index is 1.58. The molecule has 4 aliphatic rings. The van der Waals surface area contributed by atoms with Crippen LogP contribution in [0.3, 0.4) is 0 Å². The van der Waals surface area contributed by atoms with Gasteiger partial charge in [-0.3, -0.25) is 14.3 Å². The summed E-state index contributed by atoms with van der Waals surface area (Å²) in [6.07, 6.45) is -0.101. The highest BCUT2D eigenvalue weighted by atomic mass is 32.2. The number of carbonyl (C=O) groups is 2. The van der Waals surface area contributed by atoms with Gasteiger partial charge in [-0.1, -0.05) is 0 Å². The van der Waals surface area contributed by atoms with Crippen LogP contribution in [0.15, 0.2) is 24.3 Å². The second-order valence-corrected chi connectivity index (χ2v) is 10.0. The van der Waals surface area contributed by atoms with E-state index in [0.717, 1.165) is 6.07 Å². The number of halogens is 3. The van der Waals surface area contributed by atoms with E-state index in [1.807, 2.05) is 0 Å². The Kier molecular flexibility index (Phi) is 4.22. The zero-order valence-corrected chi connectivity index (χ0v) is 18.7. The van der Waals surface area contributed by atoms with Gasteiger partial charge in [-0.25, -0.2) is 0 Å². The Hall–Kier alpha value is -3.32. The lowest BCUT2D eigenvalue weighted by Crippen LogP contribution is -2.58. The zero-order chi connectivity index (χ0) is 25.0. The number of methoxy groups -OCH3 is 1. The van der Waals surface area contributed by atoms with Crippen molar-refractivity contribution in [1.82, 2.24) is 0 Å². The maximum atomic E-state index is 13.0. The van der Waals surface area contributed by atoms with E-state index in [0.29, 0.717) is 11.3 Å². The van der Waals surface area contributed by atoms with Crippen molar-refractivity contribution in [2.75, 3.05) is 7.11 Å². The highest BCUT2D eigenvalue weighted by Crippen LogP contribution is 2.62. The average molecular weight is 512 g/mol. The summed E-state index contributed by atoms with van der Waals surface area (Å²) in [6, 6.07) is 5.21. The Morgan fingerprint density at radius 3 is 1.83 bits per heavy atom. The molecule has 0 radical (unpaired) electrons. The van der Waals surface area contributed by atoms with Crippen molar-refractivity contribution < 1.29 is 54.3 Å². The topological polar surface area (TPSA) is 114 Å². The van der Waals surface area contributed by atoms with Crippen LogP contribution in [0, 0.1) is 0 Å². The summed E-state index contributed by atoms with van der Waals surface area (Å²) in [5, 5.41) is 0. The van der Waals surface area contributed by atoms with E-state index < -0.39 is 44.3 Å². The molecule has 0 aromatic heterocycles. The number of rotatable bonds is 3.